The van der Waals surface area contributed by atoms with Gasteiger partial charge in [0.05, 0.1) is 12.7 Å². The summed E-state index contributed by atoms with van der Waals surface area (Å²) in [5.41, 5.74) is 0.401. The summed E-state index contributed by atoms with van der Waals surface area (Å²) >= 11 is 0. The number of ether oxygens (including phenoxy) is 2. The zero-order chi connectivity index (χ0) is 10.4. The Morgan fingerprint density at radius 1 is 1.64 bits per heavy atom. The number of methoxy groups -OCH3 is 1. The van der Waals surface area contributed by atoms with Crippen molar-refractivity contribution in [2.75, 3.05) is 13.7 Å². The van der Waals surface area contributed by atoms with E-state index < -0.39 is 5.97 Å². The number of carbonyl (C=O) groups is 1. The number of hydrogen-bond acceptors (Lipinski definition) is 4. The van der Waals surface area contributed by atoms with Crippen molar-refractivity contribution in [3.05, 3.63) is 36.5 Å². The zero-order valence-electron chi connectivity index (χ0n) is 7.90. The van der Waals surface area contributed by atoms with Crippen molar-refractivity contribution in [1.29, 1.82) is 0 Å². The van der Waals surface area contributed by atoms with Gasteiger partial charge in [-0.15, -0.1) is 0 Å². The normalized spacial score (nSPS) is 9.21. The van der Waals surface area contributed by atoms with E-state index in [1.54, 1.807) is 18.2 Å². The number of pyridine rings is 1. The molecule has 0 saturated heterocycles. The minimum atomic E-state index is -0.409. The van der Waals surface area contributed by atoms with Gasteiger partial charge < -0.3 is 9.47 Å². The van der Waals surface area contributed by atoms with E-state index in [-0.39, 0.29) is 0 Å². The number of hydrogen-bond donors (Lipinski definition) is 0. The summed E-state index contributed by atoms with van der Waals surface area (Å²) in [4.78, 5) is 14.9. The van der Waals surface area contributed by atoms with Crippen LogP contribution in [-0.2, 0) is 4.74 Å². The van der Waals surface area contributed by atoms with E-state index >= 15 is 0 Å². The van der Waals surface area contributed by atoms with Gasteiger partial charge in [-0.2, -0.15) is 0 Å². The maximum absolute atomic E-state index is 11.0. The highest BCUT2D eigenvalue weighted by Crippen LogP contribution is 2.08. The molecule has 74 valence electrons. The van der Waals surface area contributed by atoms with E-state index in [0.29, 0.717) is 18.1 Å². The second-order valence-corrected chi connectivity index (χ2v) is 2.48. The van der Waals surface area contributed by atoms with Crippen molar-refractivity contribution in [1.82, 2.24) is 4.98 Å². The molecule has 4 heteroatoms. The fourth-order valence-electron chi connectivity index (χ4n) is 0.849. The molecule has 0 aliphatic carbocycles. The quantitative estimate of drug-likeness (QED) is 0.536. The molecule has 0 radical (unpaired) electrons. The molecule has 0 atom stereocenters. The molecule has 0 bridgehead atoms. The Balaban J connectivity index is 2.68. The van der Waals surface area contributed by atoms with E-state index in [4.69, 9.17) is 4.74 Å². The number of rotatable bonds is 4. The number of esters is 1. The molecule has 0 amide bonds. The van der Waals surface area contributed by atoms with Gasteiger partial charge >= 0.3 is 5.97 Å². The van der Waals surface area contributed by atoms with Crippen LogP contribution in [0.15, 0.2) is 31.0 Å². The fourth-order valence-corrected chi connectivity index (χ4v) is 0.849. The Morgan fingerprint density at radius 3 is 2.93 bits per heavy atom. The molecule has 1 aromatic rings. The van der Waals surface area contributed by atoms with Gasteiger partial charge in [0.2, 0.25) is 5.88 Å². The third kappa shape index (κ3) is 2.58. The van der Waals surface area contributed by atoms with Crippen molar-refractivity contribution >= 4 is 5.97 Å². The lowest BCUT2D eigenvalue weighted by molar-refractivity contribution is 0.0600. The van der Waals surface area contributed by atoms with Crippen molar-refractivity contribution in [2.45, 2.75) is 0 Å². The molecule has 0 aliphatic heterocycles. The van der Waals surface area contributed by atoms with Crippen LogP contribution in [0.1, 0.15) is 10.4 Å². The first-order valence-corrected chi connectivity index (χ1v) is 4.06. The Hall–Kier alpha value is -1.84. The van der Waals surface area contributed by atoms with Crippen molar-refractivity contribution in [3.8, 4) is 5.88 Å². The maximum atomic E-state index is 11.0. The highest BCUT2D eigenvalue weighted by molar-refractivity contribution is 5.88. The van der Waals surface area contributed by atoms with Crippen LogP contribution >= 0.6 is 0 Å². The summed E-state index contributed by atoms with van der Waals surface area (Å²) < 4.78 is 9.66. The lowest BCUT2D eigenvalue weighted by Crippen LogP contribution is -2.02. The van der Waals surface area contributed by atoms with Crippen LogP contribution in [0.5, 0.6) is 5.88 Å². The van der Waals surface area contributed by atoms with Crippen LogP contribution in [0.2, 0.25) is 0 Å². The standard InChI is InChI=1S/C10H11NO3/c1-3-6-14-9-5-4-8(7-11-9)10(12)13-2/h3-5,7H,1,6H2,2H3. The summed E-state index contributed by atoms with van der Waals surface area (Å²) in [6.07, 6.45) is 3.03. The van der Waals surface area contributed by atoms with Crippen LogP contribution in [0.25, 0.3) is 0 Å². The van der Waals surface area contributed by atoms with Gasteiger partial charge in [-0.25, -0.2) is 9.78 Å². The van der Waals surface area contributed by atoms with Gasteiger partial charge in [-0.05, 0) is 6.07 Å². The molecular formula is C10H11NO3. The molecule has 0 N–H and O–H groups in total. The monoisotopic (exact) mass is 193 g/mol. The number of carbonyl (C=O) groups excluding carboxylic acids is 1. The summed E-state index contributed by atoms with van der Waals surface area (Å²) in [7, 11) is 1.32. The molecule has 4 nitrogen and oxygen atoms in total. The Labute approximate surface area is 82.2 Å². The van der Waals surface area contributed by atoms with E-state index in [1.165, 1.54) is 13.3 Å². The van der Waals surface area contributed by atoms with Crippen LogP contribution in [0.4, 0.5) is 0 Å². The molecule has 1 heterocycles. The molecule has 0 unspecified atom stereocenters. The summed E-state index contributed by atoms with van der Waals surface area (Å²) in [5.74, 6) is 0.0466. The average Bonchev–Trinajstić information content (AvgIpc) is 2.26. The first-order chi connectivity index (χ1) is 6.77. The van der Waals surface area contributed by atoms with E-state index in [2.05, 4.69) is 16.3 Å². The van der Waals surface area contributed by atoms with E-state index in [9.17, 15) is 4.79 Å². The third-order valence-corrected chi connectivity index (χ3v) is 1.51. The molecule has 1 aromatic heterocycles. The molecule has 0 fully saturated rings. The van der Waals surface area contributed by atoms with Gasteiger partial charge in [-0.1, -0.05) is 12.7 Å². The Kier molecular flexibility index (Phi) is 3.67. The molecule has 0 spiro atoms. The van der Waals surface area contributed by atoms with Crippen LogP contribution < -0.4 is 4.74 Å². The second kappa shape index (κ2) is 5.01. The van der Waals surface area contributed by atoms with Crippen LogP contribution in [0.3, 0.4) is 0 Å². The summed E-state index contributed by atoms with van der Waals surface area (Å²) in [6, 6.07) is 3.20. The fraction of sp³-hybridized carbons (Fsp3) is 0.200. The van der Waals surface area contributed by atoms with Crippen LogP contribution in [0, 0.1) is 0 Å². The first kappa shape index (κ1) is 10.2. The molecule has 1 rings (SSSR count). The predicted molar refractivity (Wildman–Crippen MR) is 51.3 cm³/mol. The molecule has 0 saturated carbocycles. The van der Waals surface area contributed by atoms with Gasteiger partial charge in [0.15, 0.2) is 0 Å². The van der Waals surface area contributed by atoms with E-state index in [1.807, 2.05) is 0 Å². The van der Waals surface area contributed by atoms with Crippen molar-refractivity contribution in [3.63, 3.8) is 0 Å². The summed E-state index contributed by atoms with van der Waals surface area (Å²) in [6.45, 7) is 3.90. The van der Waals surface area contributed by atoms with Crippen molar-refractivity contribution in [2.24, 2.45) is 0 Å². The molecule has 14 heavy (non-hydrogen) atoms. The third-order valence-electron chi connectivity index (χ3n) is 1.51. The molecule has 0 aliphatic rings. The molecular weight excluding hydrogens is 182 g/mol. The van der Waals surface area contributed by atoms with E-state index in [0.717, 1.165) is 0 Å². The zero-order valence-corrected chi connectivity index (χ0v) is 7.90. The average molecular weight is 193 g/mol. The lowest BCUT2D eigenvalue weighted by atomic mass is 10.3. The SMILES string of the molecule is C=CCOc1ccc(C(=O)OC)cn1. The molecule has 0 aromatic carbocycles. The smallest absolute Gasteiger partial charge is 0.339 e. The number of aromatic nitrogens is 1. The van der Waals surface area contributed by atoms with Crippen molar-refractivity contribution < 1.29 is 14.3 Å². The number of nitrogens with zero attached hydrogens (tertiary/aromatic N) is 1. The largest absolute Gasteiger partial charge is 0.473 e. The Bertz CT molecular complexity index is 319. The second-order valence-electron chi connectivity index (χ2n) is 2.48. The van der Waals surface area contributed by atoms with Gasteiger partial charge in [0.1, 0.15) is 6.61 Å². The van der Waals surface area contributed by atoms with Gasteiger partial charge in [0, 0.05) is 12.3 Å². The summed E-state index contributed by atoms with van der Waals surface area (Å²) in [5, 5.41) is 0. The lowest BCUT2D eigenvalue weighted by Gasteiger charge is -2.02. The highest BCUT2D eigenvalue weighted by Gasteiger charge is 2.04. The van der Waals surface area contributed by atoms with Crippen LogP contribution in [-0.4, -0.2) is 24.7 Å². The minimum Gasteiger partial charge on any atom is -0.473 e. The van der Waals surface area contributed by atoms with Gasteiger partial charge in [-0.3, -0.25) is 0 Å². The Morgan fingerprint density at radius 2 is 2.43 bits per heavy atom. The predicted octanol–water partition coefficient (Wildman–Crippen LogP) is 1.43. The maximum Gasteiger partial charge on any atom is 0.339 e. The highest BCUT2D eigenvalue weighted by atomic mass is 16.5. The van der Waals surface area contributed by atoms with Gasteiger partial charge in [0.25, 0.3) is 0 Å². The first-order valence-electron chi connectivity index (χ1n) is 4.06. The minimum absolute atomic E-state index is 0.393. The topological polar surface area (TPSA) is 48.4 Å².